The highest BCUT2D eigenvalue weighted by Gasteiger charge is 2.29. The molecular weight excluding hydrogens is 379 g/mol. The lowest BCUT2D eigenvalue weighted by molar-refractivity contribution is -0.0229. The molecule has 1 fully saturated rings. The zero-order valence-electron chi connectivity index (χ0n) is 16.6. The molecule has 1 aliphatic rings. The summed E-state index contributed by atoms with van der Waals surface area (Å²) in [6, 6.07) is 5.82. The molecule has 8 heteroatoms. The molecule has 0 bridgehead atoms. The Morgan fingerprint density at radius 1 is 1.17 bits per heavy atom. The van der Waals surface area contributed by atoms with Crippen LogP contribution in [0.25, 0.3) is 0 Å². The highest BCUT2D eigenvalue weighted by molar-refractivity contribution is 5.97. The fourth-order valence-electron chi connectivity index (χ4n) is 3.19. The number of hydrogen-bond donors (Lipinski definition) is 0. The van der Waals surface area contributed by atoms with Gasteiger partial charge in [0.05, 0.1) is 20.3 Å². The second-order valence-corrected chi connectivity index (χ2v) is 7.11. The van der Waals surface area contributed by atoms with Crippen molar-refractivity contribution in [2.75, 3.05) is 26.8 Å². The lowest BCUT2D eigenvalue weighted by Gasteiger charge is -2.33. The number of pyridine rings is 1. The maximum atomic E-state index is 13.2. The summed E-state index contributed by atoms with van der Waals surface area (Å²) in [4.78, 5) is 39.4. The van der Waals surface area contributed by atoms with E-state index >= 15 is 0 Å². The molecule has 3 rings (SSSR count). The zero-order valence-corrected chi connectivity index (χ0v) is 16.6. The van der Waals surface area contributed by atoms with Crippen molar-refractivity contribution in [1.82, 2.24) is 9.47 Å². The first-order chi connectivity index (χ1) is 13.8. The number of ether oxygens (including phenoxy) is 2. The molecule has 1 atom stereocenters. The normalized spacial score (nSPS) is 16.7. The predicted molar refractivity (Wildman–Crippen MR) is 103 cm³/mol. The maximum Gasteiger partial charge on any atom is 0.343 e. The first kappa shape index (κ1) is 20.7. The van der Waals surface area contributed by atoms with Crippen LogP contribution < -0.4 is 5.43 Å². The van der Waals surface area contributed by atoms with E-state index in [2.05, 4.69) is 4.74 Å². The second-order valence-electron chi connectivity index (χ2n) is 7.11. The summed E-state index contributed by atoms with van der Waals surface area (Å²) in [5.41, 5.74) is -0.202. The summed E-state index contributed by atoms with van der Waals surface area (Å²) in [5.74, 6) is -1.62. The standard InChI is InChI=1S/C21H23FN2O5/c1-13(2)24-10-16(19(25)17(11-24)21(27)28-3)20(26)23-8-9-29-18(12-23)14-4-6-15(22)7-5-14/h4-7,10-11,13,18H,8-9,12H2,1-3H3/t18-/m1/s1. The highest BCUT2D eigenvalue weighted by atomic mass is 19.1. The number of methoxy groups -OCH3 is 1. The number of amides is 1. The number of morpholine rings is 1. The van der Waals surface area contributed by atoms with Crippen LogP contribution in [0.3, 0.4) is 0 Å². The van der Waals surface area contributed by atoms with Gasteiger partial charge < -0.3 is 18.9 Å². The molecule has 7 nitrogen and oxygen atoms in total. The molecule has 0 aliphatic carbocycles. The summed E-state index contributed by atoms with van der Waals surface area (Å²) in [6.07, 6.45) is 2.44. The number of hydrogen-bond acceptors (Lipinski definition) is 5. The van der Waals surface area contributed by atoms with Crippen LogP contribution >= 0.6 is 0 Å². The Morgan fingerprint density at radius 2 is 1.83 bits per heavy atom. The van der Waals surface area contributed by atoms with Crippen LogP contribution in [0.15, 0.2) is 41.5 Å². The van der Waals surface area contributed by atoms with E-state index in [9.17, 15) is 18.8 Å². The van der Waals surface area contributed by atoms with Crippen LogP contribution in [0, 0.1) is 5.82 Å². The van der Waals surface area contributed by atoms with Crippen molar-refractivity contribution >= 4 is 11.9 Å². The van der Waals surface area contributed by atoms with Crippen LogP contribution in [0.1, 0.15) is 52.3 Å². The molecule has 29 heavy (non-hydrogen) atoms. The fraction of sp³-hybridized carbons (Fsp3) is 0.381. The van der Waals surface area contributed by atoms with E-state index in [1.807, 2.05) is 13.8 Å². The number of halogens is 1. The van der Waals surface area contributed by atoms with Gasteiger partial charge in [-0.05, 0) is 31.5 Å². The Balaban J connectivity index is 1.92. The Kier molecular flexibility index (Phi) is 6.12. The Morgan fingerprint density at radius 3 is 2.45 bits per heavy atom. The summed E-state index contributed by atoms with van der Waals surface area (Å²) in [7, 11) is 1.19. The van der Waals surface area contributed by atoms with E-state index in [1.54, 1.807) is 16.7 Å². The molecule has 0 saturated carbocycles. The smallest absolute Gasteiger partial charge is 0.343 e. The Hall–Kier alpha value is -3.00. The third kappa shape index (κ3) is 4.37. The van der Waals surface area contributed by atoms with Crippen molar-refractivity contribution in [1.29, 1.82) is 0 Å². The maximum absolute atomic E-state index is 13.2. The lowest BCUT2D eigenvalue weighted by atomic mass is 10.1. The molecule has 2 aromatic rings. The largest absolute Gasteiger partial charge is 0.465 e. The quantitative estimate of drug-likeness (QED) is 0.735. The molecule has 1 aliphatic heterocycles. The van der Waals surface area contributed by atoms with Gasteiger partial charge in [-0.1, -0.05) is 12.1 Å². The Labute approximate surface area is 167 Å². The Bertz CT molecular complexity index is 968. The highest BCUT2D eigenvalue weighted by Crippen LogP contribution is 2.23. The van der Waals surface area contributed by atoms with Crippen molar-refractivity contribution in [3.63, 3.8) is 0 Å². The molecule has 2 heterocycles. The number of aromatic nitrogens is 1. The summed E-state index contributed by atoms with van der Waals surface area (Å²) < 4.78 is 25.2. The fourth-order valence-corrected chi connectivity index (χ4v) is 3.19. The number of rotatable bonds is 4. The topological polar surface area (TPSA) is 77.8 Å². The molecule has 1 amide bonds. The monoisotopic (exact) mass is 402 g/mol. The lowest BCUT2D eigenvalue weighted by Crippen LogP contribution is -2.44. The summed E-state index contributed by atoms with van der Waals surface area (Å²) >= 11 is 0. The van der Waals surface area contributed by atoms with Crippen LogP contribution in [0.2, 0.25) is 0 Å². The van der Waals surface area contributed by atoms with Crippen LogP contribution in [-0.2, 0) is 9.47 Å². The minimum absolute atomic E-state index is 0.0674. The zero-order chi connectivity index (χ0) is 21.1. The van der Waals surface area contributed by atoms with Gasteiger partial charge in [0.1, 0.15) is 23.0 Å². The van der Waals surface area contributed by atoms with Crippen molar-refractivity contribution in [2.24, 2.45) is 0 Å². The summed E-state index contributed by atoms with van der Waals surface area (Å²) in [5, 5.41) is 0. The van der Waals surface area contributed by atoms with Gasteiger partial charge in [0.25, 0.3) is 5.91 Å². The van der Waals surface area contributed by atoms with Crippen molar-refractivity contribution in [3.8, 4) is 0 Å². The molecule has 0 unspecified atom stereocenters. The molecule has 0 spiro atoms. The molecule has 1 saturated heterocycles. The first-order valence-electron chi connectivity index (χ1n) is 9.32. The van der Waals surface area contributed by atoms with Gasteiger partial charge in [-0.15, -0.1) is 0 Å². The van der Waals surface area contributed by atoms with Gasteiger partial charge in [0.15, 0.2) is 0 Å². The van der Waals surface area contributed by atoms with Gasteiger partial charge in [-0.3, -0.25) is 9.59 Å². The number of carbonyl (C=O) groups excluding carboxylic acids is 2. The van der Waals surface area contributed by atoms with Gasteiger partial charge in [0.2, 0.25) is 5.43 Å². The van der Waals surface area contributed by atoms with Gasteiger partial charge >= 0.3 is 5.97 Å². The second kappa shape index (κ2) is 8.57. The minimum atomic E-state index is -0.787. The average molecular weight is 402 g/mol. The molecule has 0 N–H and O–H groups in total. The van der Waals surface area contributed by atoms with Crippen molar-refractivity contribution in [2.45, 2.75) is 26.0 Å². The minimum Gasteiger partial charge on any atom is -0.465 e. The van der Waals surface area contributed by atoms with Gasteiger partial charge in [-0.25, -0.2) is 9.18 Å². The van der Waals surface area contributed by atoms with Crippen molar-refractivity contribution < 1.29 is 23.5 Å². The molecule has 1 aromatic carbocycles. The average Bonchev–Trinajstić information content (AvgIpc) is 2.73. The van der Waals surface area contributed by atoms with E-state index in [-0.39, 0.29) is 36.1 Å². The van der Waals surface area contributed by atoms with Crippen LogP contribution in [0.4, 0.5) is 4.39 Å². The van der Waals surface area contributed by atoms with Gasteiger partial charge in [0, 0.05) is 25.0 Å². The SMILES string of the molecule is COC(=O)c1cn(C(C)C)cc(C(=O)N2CCO[C@@H](c3ccc(F)cc3)C2)c1=O. The van der Waals surface area contributed by atoms with Crippen LogP contribution in [0.5, 0.6) is 0 Å². The van der Waals surface area contributed by atoms with E-state index in [4.69, 9.17) is 4.74 Å². The predicted octanol–water partition coefficient (Wildman–Crippen LogP) is 2.57. The van der Waals surface area contributed by atoms with Crippen molar-refractivity contribution in [3.05, 3.63) is 69.4 Å². The third-order valence-corrected chi connectivity index (χ3v) is 4.87. The van der Waals surface area contributed by atoms with E-state index < -0.39 is 23.4 Å². The first-order valence-corrected chi connectivity index (χ1v) is 9.32. The number of benzene rings is 1. The third-order valence-electron chi connectivity index (χ3n) is 4.87. The van der Waals surface area contributed by atoms with Crippen LogP contribution in [-0.4, -0.2) is 48.1 Å². The van der Waals surface area contributed by atoms with E-state index in [0.29, 0.717) is 6.54 Å². The van der Waals surface area contributed by atoms with E-state index in [1.165, 1.54) is 36.5 Å². The van der Waals surface area contributed by atoms with Gasteiger partial charge in [-0.2, -0.15) is 0 Å². The molecular formula is C21H23FN2O5. The molecule has 0 radical (unpaired) electrons. The number of esters is 1. The summed E-state index contributed by atoms with van der Waals surface area (Å²) in [6.45, 7) is 4.55. The molecule has 154 valence electrons. The number of carbonyl (C=O) groups is 2. The van der Waals surface area contributed by atoms with E-state index in [0.717, 1.165) is 5.56 Å². The number of nitrogens with zero attached hydrogens (tertiary/aromatic N) is 2. The molecule has 1 aromatic heterocycles.